The second-order valence-electron chi connectivity index (χ2n) is 4.22. The Morgan fingerprint density at radius 1 is 1.47 bits per heavy atom. The second-order valence-corrected chi connectivity index (χ2v) is 4.22. The molecule has 1 amide bonds. The molecular formula is C10H18N2O3. The first-order valence-electron chi connectivity index (χ1n) is 5.25. The predicted molar refractivity (Wildman–Crippen MR) is 55.2 cm³/mol. The van der Waals surface area contributed by atoms with E-state index in [9.17, 15) is 9.59 Å². The minimum Gasteiger partial charge on any atom is -0.481 e. The predicted octanol–water partition coefficient (Wildman–Crippen LogP) is -0.0956. The molecule has 5 nitrogen and oxygen atoms in total. The lowest BCUT2D eigenvalue weighted by molar-refractivity contribution is -0.142. The lowest BCUT2D eigenvalue weighted by Gasteiger charge is -2.31. The van der Waals surface area contributed by atoms with E-state index in [4.69, 9.17) is 10.8 Å². The average Bonchev–Trinajstić information content (AvgIpc) is 2.18. The lowest BCUT2D eigenvalue weighted by atomic mass is 9.95. The Balaban J connectivity index is 2.31. The summed E-state index contributed by atoms with van der Waals surface area (Å²) >= 11 is 0. The van der Waals surface area contributed by atoms with E-state index in [2.05, 4.69) is 4.90 Å². The van der Waals surface area contributed by atoms with Crippen LogP contribution in [0.4, 0.5) is 0 Å². The summed E-state index contributed by atoms with van der Waals surface area (Å²) in [7, 11) is 0. The van der Waals surface area contributed by atoms with Gasteiger partial charge in [-0.3, -0.25) is 9.59 Å². The maximum atomic E-state index is 10.9. The number of carbonyl (C=O) groups is 2. The molecule has 1 saturated heterocycles. The molecule has 0 aromatic carbocycles. The Morgan fingerprint density at radius 3 is 2.40 bits per heavy atom. The third kappa shape index (κ3) is 3.51. The van der Waals surface area contributed by atoms with Gasteiger partial charge in [-0.15, -0.1) is 0 Å². The molecule has 15 heavy (non-hydrogen) atoms. The van der Waals surface area contributed by atoms with Crippen LogP contribution in [0.15, 0.2) is 0 Å². The van der Waals surface area contributed by atoms with Gasteiger partial charge in [0, 0.05) is 12.5 Å². The number of nitrogens with two attached hydrogens (primary N) is 1. The molecule has 5 heteroatoms. The highest BCUT2D eigenvalue weighted by molar-refractivity contribution is 5.76. The number of rotatable bonds is 4. The van der Waals surface area contributed by atoms with Crippen molar-refractivity contribution in [2.75, 3.05) is 19.6 Å². The summed E-state index contributed by atoms with van der Waals surface area (Å²) in [6, 6.07) is 0. The molecule has 86 valence electrons. The fourth-order valence-corrected chi connectivity index (χ4v) is 1.87. The number of piperidine rings is 1. The molecule has 0 aromatic rings. The van der Waals surface area contributed by atoms with Crippen LogP contribution in [0.3, 0.4) is 0 Å². The van der Waals surface area contributed by atoms with Gasteiger partial charge in [0.2, 0.25) is 5.91 Å². The zero-order chi connectivity index (χ0) is 11.4. The van der Waals surface area contributed by atoms with Crippen molar-refractivity contribution in [1.29, 1.82) is 0 Å². The van der Waals surface area contributed by atoms with Crippen molar-refractivity contribution in [2.24, 2.45) is 17.6 Å². The fraction of sp³-hybridized carbons (Fsp3) is 0.800. The molecule has 1 fully saturated rings. The molecule has 1 aliphatic heterocycles. The summed E-state index contributed by atoms with van der Waals surface area (Å²) in [4.78, 5) is 23.6. The summed E-state index contributed by atoms with van der Waals surface area (Å²) in [5.74, 6) is -1.38. The van der Waals surface area contributed by atoms with Crippen molar-refractivity contribution >= 4 is 11.9 Å². The van der Waals surface area contributed by atoms with E-state index in [0.717, 1.165) is 25.9 Å². The number of amides is 1. The maximum absolute atomic E-state index is 10.9. The van der Waals surface area contributed by atoms with Gasteiger partial charge < -0.3 is 15.7 Å². The Labute approximate surface area is 89.2 Å². The molecule has 0 aromatic heterocycles. The van der Waals surface area contributed by atoms with E-state index in [-0.39, 0.29) is 17.7 Å². The number of carbonyl (C=O) groups excluding carboxylic acids is 1. The van der Waals surface area contributed by atoms with E-state index in [1.165, 1.54) is 0 Å². The van der Waals surface area contributed by atoms with Crippen LogP contribution in [0, 0.1) is 11.8 Å². The molecule has 0 saturated carbocycles. The molecule has 0 bridgehead atoms. The van der Waals surface area contributed by atoms with Crippen molar-refractivity contribution in [2.45, 2.75) is 19.8 Å². The molecule has 1 rings (SSSR count). The summed E-state index contributed by atoms with van der Waals surface area (Å²) in [5, 5.41) is 8.75. The van der Waals surface area contributed by atoms with Crippen LogP contribution in [-0.2, 0) is 9.59 Å². The van der Waals surface area contributed by atoms with E-state index in [1.54, 1.807) is 6.92 Å². The van der Waals surface area contributed by atoms with Crippen LogP contribution in [0.1, 0.15) is 19.8 Å². The summed E-state index contributed by atoms with van der Waals surface area (Å²) in [5.41, 5.74) is 5.21. The Kier molecular flexibility index (Phi) is 4.08. The Bertz CT molecular complexity index is 247. The number of primary amides is 1. The average molecular weight is 214 g/mol. The second kappa shape index (κ2) is 5.11. The highest BCUT2D eigenvalue weighted by Crippen LogP contribution is 2.17. The normalized spacial score (nSPS) is 21.1. The van der Waals surface area contributed by atoms with Gasteiger partial charge in [-0.1, -0.05) is 6.92 Å². The molecule has 0 aliphatic carbocycles. The van der Waals surface area contributed by atoms with E-state index in [1.807, 2.05) is 0 Å². The molecule has 0 radical (unpaired) electrons. The first kappa shape index (κ1) is 12.0. The zero-order valence-corrected chi connectivity index (χ0v) is 8.98. The quantitative estimate of drug-likeness (QED) is 0.684. The summed E-state index contributed by atoms with van der Waals surface area (Å²) < 4.78 is 0. The number of nitrogens with zero attached hydrogens (tertiary/aromatic N) is 1. The highest BCUT2D eigenvalue weighted by Gasteiger charge is 2.25. The van der Waals surface area contributed by atoms with Gasteiger partial charge in [-0.2, -0.15) is 0 Å². The number of hydrogen-bond acceptors (Lipinski definition) is 3. The van der Waals surface area contributed by atoms with Crippen LogP contribution in [0.2, 0.25) is 0 Å². The van der Waals surface area contributed by atoms with Crippen molar-refractivity contribution in [3.63, 3.8) is 0 Å². The standard InChI is InChI=1S/C10H18N2O3/c1-7(10(14)15)6-12-4-2-8(3-5-12)9(11)13/h7-8H,2-6H2,1H3,(H2,11,13)(H,14,15). The fourth-order valence-electron chi connectivity index (χ4n) is 1.87. The van der Waals surface area contributed by atoms with Crippen LogP contribution in [0.25, 0.3) is 0 Å². The smallest absolute Gasteiger partial charge is 0.307 e. The van der Waals surface area contributed by atoms with Crippen molar-refractivity contribution < 1.29 is 14.7 Å². The lowest BCUT2D eigenvalue weighted by Crippen LogP contribution is -2.41. The van der Waals surface area contributed by atoms with Crippen LogP contribution < -0.4 is 5.73 Å². The van der Waals surface area contributed by atoms with Gasteiger partial charge in [-0.25, -0.2) is 0 Å². The molecule has 1 atom stereocenters. The number of aliphatic carboxylic acids is 1. The Morgan fingerprint density at radius 2 is 2.00 bits per heavy atom. The zero-order valence-electron chi connectivity index (χ0n) is 8.98. The number of carboxylic acids is 1. The maximum Gasteiger partial charge on any atom is 0.307 e. The molecule has 1 unspecified atom stereocenters. The van der Waals surface area contributed by atoms with Gasteiger partial charge in [0.25, 0.3) is 0 Å². The topological polar surface area (TPSA) is 83.6 Å². The molecule has 0 spiro atoms. The third-order valence-corrected chi connectivity index (χ3v) is 2.94. The third-order valence-electron chi connectivity index (χ3n) is 2.94. The van der Waals surface area contributed by atoms with Gasteiger partial charge in [0.05, 0.1) is 5.92 Å². The summed E-state index contributed by atoms with van der Waals surface area (Å²) in [6.45, 7) is 3.79. The Hall–Kier alpha value is -1.10. The van der Waals surface area contributed by atoms with E-state index < -0.39 is 5.97 Å². The molecule has 3 N–H and O–H groups in total. The van der Waals surface area contributed by atoms with Crippen molar-refractivity contribution in [1.82, 2.24) is 4.90 Å². The van der Waals surface area contributed by atoms with Gasteiger partial charge in [-0.05, 0) is 25.9 Å². The van der Waals surface area contributed by atoms with Crippen LogP contribution >= 0.6 is 0 Å². The van der Waals surface area contributed by atoms with E-state index >= 15 is 0 Å². The SMILES string of the molecule is CC(CN1CCC(C(N)=O)CC1)C(=O)O. The molecular weight excluding hydrogens is 196 g/mol. The highest BCUT2D eigenvalue weighted by atomic mass is 16.4. The first-order valence-corrected chi connectivity index (χ1v) is 5.25. The van der Waals surface area contributed by atoms with Gasteiger partial charge in [0.15, 0.2) is 0 Å². The van der Waals surface area contributed by atoms with Gasteiger partial charge >= 0.3 is 5.97 Å². The van der Waals surface area contributed by atoms with E-state index in [0.29, 0.717) is 6.54 Å². The van der Waals surface area contributed by atoms with Crippen LogP contribution in [0.5, 0.6) is 0 Å². The number of hydrogen-bond donors (Lipinski definition) is 2. The number of likely N-dealkylation sites (tertiary alicyclic amines) is 1. The van der Waals surface area contributed by atoms with Crippen molar-refractivity contribution in [3.05, 3.63) is 0 Å². The molecule has 1 aliphatic rings. The minimum absolute atomic E-state index is 0.0265. The van der Waals surface area contributed by atoms with Crippen molar-refractivity contribution in [3.8, 4) is 0 Å². The minimum atomic E-state index is -0.771. The van der Waals surface area contributed by atoms with Gasteiger partial charge in [0.1, 0.15) is 0 Å². The monoisotopic (exact) mass is 214 g/mol. The van der Waals surface area contributed by atoms with Crippen LogP contribution in [-0.4, -0.2) is 41.5 Å². The largest absolute Gasteiger partial charge is 0.481 e. The summed E-state index contributed by atoms with van der Waals surface area (Å²) in [6.07, 6.45) is 1.50. The number of carboxylic acid groups (broad SMARTS) is 1. The first-order chi connectivity index (χ1) is 7.00. The molecule has 1 heterocycles.